The number of phenols is 1. The Bertz CT molecular complexity index is 1030. The van der Waals surface area contributed by atoms with Crippen molar-refractivity contribution < 1.29 is 27.8 Å². The van der Waals surface area contributed by atoms with Crippen molar-refractivity contribution in [1.29, 1.82) is 0 Å². The minimum absolute atomic E-state index is 0.276. The zero-order chi connectivity index (χ0) is 23.7. The molecule has 1 aliphatic rings. The summed E-state index contributed by atoms with van der Waals surface area (Å²) in [4.78, 5) is 14.8. The number of carbonyl (C=O) groups excluding carboxylic acids is 1. The molecule has 0 spiro atoms. The second kappa shape index (κ2) is 12.0. The van der Waals surface area contributed by atoms with Gasteiger partial charge in [-0.05, 0) is 73.6 Å². The normalized spacial score (nSPS) is 13.4. The summed E-state index contributed by atoms with van der Waals surface area (Å²) < 4.78 is 36.3. The van der Waals surface area contributed by atoms with Crippen LogP contribution in [-0.4, -0.2) is 42.4 Å². The van der Waals surface area contributed by atoms with E-state index in [2.05, 4.69) is 15.0 Å². The molecule has 0 unspecified atom stereocenters. The van der Waals surface area contributed by atoms with E-state index in [0.29, 0.717) is 12.1 Å². The molecule has 3 heterocycles. The Morgan fingerprint density at radius 3 is 2.38 bits per heavy atom. The fourth-order valence-electron chi connectivity index (χ4n) is 2.97. The van der Waals surface area contributed by atoms with E-state index in [1.165, 1.54) is 32.4 Å². The van der Waals surface area contributed by atoms with E-state index in [1.54, 1.807) is 29.7 Å². The summed E-state index contributed by atoms with van der Waals surface area (Å²) in [6.45, 7) is 4.34. The molecule has 0 atom stereocenters. The molecular weight excluding hydrogens is 465 g/mol. The van der Waals surface area contributed by atoms with Gasteiger partial charge in [-0.1, -0.05) is 18.0 Å². The number of aromatic nitrogens is 1. The SMILES string of the molecule is C1CCNCC1.COC(=O)C(F)(F)F.Cc1cc(Cl)cc(-c2ccnc3sccc23)c1O. The fourth-order valence-corrected chi connectivity index (χ4v) is 4.00. The Morgan fingerprint density at radius 2 is 1.88 bits per heavy atom. The lowest BCUT2D eigenvalue weighted by Gasteiger charge is -2.09. The van der Waals surface area contributed by atoms with Crippen molar-refractivity contribution in [3.05, 3.63) is 46.4 Å². The van der Waals surface area contributed by atoms with Gasteiger partial charge in [0.05, 0.1) is 7.11 Å². The van der Waals surface area contributed by atoms with Crippen LogP contribution < -0.4 is 5.32 Å². The number of nitrogens with zero attached hydrogens (tertiary/aromatic N) is 1. The molecule has 1 saturated heterocycles. The predicted octanol–water partition coefficient (Wildman–Crippen LogP) is 6.11. The van der Waals surface area contributed by atoms with Crippen LogP contribution in [0, 0.1) is 6.92 Å². The number of fused-ring (bicyclic) bond motifs is 1. The molecule has 0 bridgehead atoms. The lowest BCUT2D eigenvalue weighted by molar-refractivity contribution is -0.196. The third-order valence-corrected chi connectivity index (χ3v) is 5.59. The van der Waals surface area contributed by atoms with Crippen LogP contribution in [-0.2, 0) is 9.53 Å². The minimum Gasteiger partial charge on any atom is -0.507 e. The largest absolute Gasteiger partial charge is 0.507 e. The summed E-state index contributed by atoms with van der Waals surface area (Å²) in [6.07, 6.45) is 1.12. The molecule has 5 nitrogen and oxygen atoms in total. The first-order chi connectivity index (χ1) is 15.1. The molecule has 1 fully saturated rings. The third-order valence-electron chi connectivity index (χ3n) is 4.55. The zero-order valence-electron chi connectivity index (χ0n) is 17.6. The fraction of sp³-hybridized carbons (Fsp3) is 0.364. The Hall–Kier alpha value is -2.36. The van der Waals surface area contributed by atoms with E-state index in [1.807, 2.05) is 24.4 Å². The summed E-state index contributed by atoms with van der Waals surface area (Å²) in [5, 5.41) is 17.1. The highest BCUT2D eigenvalue weighted by Gasteiger charge is 2.40. The molecule has 2 aromatic heterocycles. The van der Waals surface area contributed by atoms with Gasteiger partial charge in [0.15, 0.2) is 0 Å². The molecular formula is C22H24ClF3N2O3S. The Kier molecular flexibility index (Phi) is 9.74. The predicted molar refractivity (Wildman–Crippen MR) is 121 cm³/mol. The van der Waals surface area contributed by atoms with Gasteiger partial charge in [0.2, 0.25) is 0 Å². The number of nitrogens with one attached hydrogen (secondary N) is 1. The highest BCUT2D eigenvalue weighted by atomic mass is 35.5. The van der Waals surface area contributed by atoms with Crippen LogP contribution in [0.5, 0.6) is 5.75 Å². The first-order valence-corrected chi connectivity index (χ1v) is 11.1. The third kappa shape index (κ3) is 7.36. The van der Waals surface area contributed by atoms with Crippen molar-refractivity contribution in [2.75, 3.05) is 20.2 Å². The van der Waals surface area contributed by atoms with Gasteiger partial charge < -0.3 is 15.2 Å². The van der Waals surface area contributed by atoms with Crippen LogP contribution in [0.4, 0.5) is 13.2 Å². The number of carbonyl (C=O) groups is 1. The molecule has 0 aliphatic carbocycles. The highest BCUT2D eigenvalue weighted by Crippen LogP contribution is 2.38. The van der Waals surface area contributed by atoms with Crippen molar-refractivity contribution in [1.82, 2.24) is 10.3 Å². The van der Waals surface area contributed by atoms with Crippen molar-refractivity contribution in [3.63, 3.8) is 0 Å². The van der Waals surface area contributed by atoms with Crippen molar-refractivity contribution in [3.8, 4) is 16.9 Å². The molecule has 10 heteroatoms. The molecule has 3 aromatic rings. The average Bonchev–Trinajstić information content (AvgIpc) is 3.26. The zero-order valence-corrected chi connectivity index (χ0v) is 19.2. The van der Waals surface area contributed by atoms with E-state index in [4.69, 9.17) is 11.6 Å². The molecule has 0 amide bonds. The lowest BCUT2D eigenvalue weighted by Crippen LogP contribution is -2.23. The van der Waals surface area contributed by atoms with E-state index < -0.39 is 12.1 Å². The number of ether oxygens (including phenoxy) is 1. The smallest absolute Gasteiger partial charge is 0.490 e. The maximum absolute atomic E-state index is 11.0. The molecule has 1 aromatic carbocycles. The quantitative estimate of drug-likeness (QED) is 0.404. The molecule has 2 N–H and O–H groups in total. The number of pyridine rings is 1. The van der Waals surface area contributed by atoms with Gasteiger partial charge in [-0.25, -0.2) is 9.78 Å². The highest BCUT2D eigenvalue weighted by molar-refractivity contribution is 7.16. The van der Waals surface area contributed by atoms with Gasteiger partial charge >= 0.3 is 12.1 Å². The van der Waals surface area contributed by atoms with Gasteiger partial charge in [0.25, 0.3) is 0 Å². The first-order valence-electron chi connectivity index (χ1n) is 9.82. The van der Waals surface area contributed by atoms with E-state index in [0.717, 1.165) is 26.9 Å². The van der Waals surface area contributed by atoms with Gasteiger partial charge in [-0.2, -0.15) is 13.2 Å². The number of methoxy groups -OCH3 is 1. The molecule has 0 saturated carbocycles. The second-order valence-electron chi connectivity index (χ2n) is 6.92. The number of phenolic OH excluding ortho intramolecular Hbond substituents is 1. The summed E-state index contributed by atoms with van der Waals surface area (Å²) in [5.41, 5.74) is 2.49. The number of benzene rings is 1. The van der Waals surface area contributed by atoms with Crippen LogP contribution in [0.25, 0.3) is 21.3 Å². The van der Waals surface area contributed by atoms with Crippen LogP contribution in [0.15, 0.2) is 35.8 Å². The number of hydrogen-bond donors (Lipinski definition) is 2. The summed E-state index contributed by atoms with van der Waals surface area (Å²) >= 11 is 7.66. The second-order valence-corrected chi connectivity index (χ2v) is 8.25. The number of hydrogen-bond acceptors (Lipinski definition) is 6. The minimum atomic E-state index is -4.85. The molecule has 174 valence electrons. The van der Waals surface area contributed by atoms with E-state index in [9.17, 15) is 23.1 Å². The first kappa shape index (κ1) is 25.9. The van der Waals surface area contributed by atoms with Crippen LogP contribution in [0.3, 0.4) is 0 Å². The number of piperidine rings is 1. The lowest BCUT2D eigenvalue weighted by atomic mass is 10.0. The number of aryl methyl sites for hydroxylation is 1. The van der Waals surface area contributed by atoms with Crippen molar-refractivity contribution in [2.24, 2.45) is 0 Å². The number of thiophene rings is 1. The molecule has 0 radical (unpaired) electrons. The maximum Gasteiger partial charge on any atom is 0.490 e. The van der Waals surface area contributed by atoms with Gasteiger partial charge in [0.1, 0.15) is 10.6 Å². The standard InChI is InChI=1S/C14H10ClNOS.C5H11N.C3H3F3O2/c1-8-6-9(15)7-12(13(8)17)10-2-4-16-14-11(10)3-5-18-14;1-2-4-6-5-3-1;1-8-2(7)3(4,5)6/h2-7,17H,1H3;6H,1-5H2;1H3. The Labute approximate surface area is 193 Å². The van der Waals surface area contributed by atoms with Crippen LogP contribution >= 0.6 is 22.9 Å². The van der Waals surface area contributed by atoms with Gasteiger partial charge in [-0.3, -0.25) is 0 Å². The molecule has 4 rings (SSSR count). The molecule has 32 heavy (non-hydrogen) atoms. The van der Waals surface area contributed by atoms with Gasteiger partial charge in [0, 0.05) is 22.2 Å². The Morgan fingerprint density at radius 1 is 1.19 bits per heavy atom. The van der Waals surface area contributed by atoms with Gasteiger partial charge in [-0.15, -0.1) is 11.3 Å². The van der Waals surface area contributed by atoms with E-state index in [-0.39, 0.29) is 5.75 Å². The Balaban J connectivity index is 0.000000215. The number of esters is 1. The number of aromatic hydroxyl groups is 1. The number of rotatable bonds is 1. The average molecular weight is 489 g/mol. The number of alkyl halides is 3. The maximum atomic E-state index is 11.0. The van der Waals surface area contributed by atoms with Crippen molar-refractivity contribution in [2.45, 2.75) is 32.4 Å². The molecule has 1 aliphatic heterocycles. The summed E-state index contributed by atoms with van der Waals surface area (Å²) in [7, 11) is 0.676. The van der Waals surface area contributed by atoms with Crippen LogP contribution in [0.2, 0.25) is 5.02 Å². The summed E-state index contributed by atoms with van der Waals surface area (Å²) in [6, 6.07) is 7.46. The van der Waals surface area contributed by atoms with Crippen molar-refractivity contribution >= 4 is 39.1 Å². The summed E-state index contributed by atoms with van der Waals surface area (Å²) in [5.74, 6) is -1.89. The topological polar surface area (TPSA) is 71.5 Å². The monoisotopic (exact) mass is 488 g/mol. The number of halogens is 4. The van der Waals surface area contributed by atoms with E-state index >= 15 is 0 Å². The van der Waals surface area contributed by atoms with Crippen LogP contribution in [0.1, 0.15) is 24.8 Å².